The maximum atomic E-state index is 13.3. The van der Waals surface area contributed by atoms with Gasteiger partial charge < -0.3 is 5.32 Å². The Balaban J connectivity index is 2.33. The Morgan fingerprint density at radius 1 is 1.21 bits per heavy atom. The first-order valence-electron chi connectivity index (χ1n) is 6.17. The molecule has 0 radical (unpaired) electrons. The van der Waals surface area contributed by atoms with E-state index in [1.54, 1.807) is 0 Å². The van der Waals surface area contributed by atoms with Gasteiger partial charge in [0.05, 0.1) is 0 Å². The summed E-state index contributed by atoms with van der Waals surface area (Å²) in [5, 5.41) is 3.02. The zero-order chi connectivity index (χ0) is 14.0. The third-order valence-corrected chi connectivity index (χ3v) is 3.32. The Morgan fingerprint density at radius 2 is 1.84 bits per heavy atom. The number of benzene rings is 1. The number of alkyl halides is 3. The largest absolute Gasteiger partial charge is 0.408 e. The summed E-state index contributed by atoms with van der Waals surface area (Å²) in [6.07, 6.45) is -4.36. The highest BCUT2D eigenvalue weighted by atomic mass is 19.4. The van der Waals surface area contributed by atoms with Crippen molar-refractivity contribution < 1.29 is 17.6 Å². The van der Waals surface area contributed by atoms with E-state index in [9.17, 15) is 17.6 Å². The van der Waals surface area contributed by atoms with Gasteiger partial charge in [0.2, 0.25) is 0 Å². The molecule has 1 N–H and O–H groups in total. The topological polar surface area (TPSA) is 15.3 Å². The molecule has 6 heteroatoms. The second-order valence-corrected chi connectivity index (χ2v) is 4.74. The molecule has 1 aliphatic rings. The fraction of sp³-hybridized carbons (Fsp3) is 0.538. The van der Waals surface area contributed by atoms with E-state index >= 15 is 0 Å². The standard InChI is InChI=1S/C13H16F4N2/c1-9-8-10(2-3-11(9)14)12(13(15,16)17)19-6-4-18-5-7-19/h2-3,8,12,18H,4-7H2,1H3/t12-/m1/s1. The maximum absolute atomic E-state index is 13.3. The van der Waals surface area contributed by atoms with Gasteiger partial charge in [-0.25, -0.2) is 4.39 Å². The molecular formula is C13H16F4N2. The summed E-state index contributed by atoms with van der Waals surface area (Å²) >= 11 is 0. The second-order valence-electron chi connectivity index (χ2n) is 4.74. The third-order valence-electron chi connectivity index (χ3n) is 3.32. The van der Waals surface area contributed by atoms with Crippen molar-refractivity contribution in [2.45, 2.75) is 19.1 Å². The molecule has 1 aromatic rings. The number of nitrogens with one attached hydrogen (secondary N) is 1. The number of piperazine rings is 1. The molecule has 1 aromatic carbocycles. The molecule has 0 aromatic heterocycles. The van der Waals surface area contributed by atoms with Crippen molar-refractivity contribution in [2.24, 2.45) is 0 Å². The molecule has 0 unspecified atom stereocenters. The van der Waals surface area contributed by atoms with Crippen LogP contribution in [0.15, 0.2) is 18.2 Å². The summed E-state index contributed by atoms with van der Waals surface area (Å²) in [5.41, 5.74) is 0.343. The van der Waals surface area contributed by atoms with Crippen molar-refractivity contribution in [3.8, 4) is 0 Å². The highest BCUT2D eigenvalue weighted by molar-refractivity contribution is 5.27. The van der Waals surface area contributed by atoms with Crippen LogP contribution in [-0.4, -0.2) is 37.3 Å². The van der Waals surface area contributed by atoms with Crippen LogP contribution in [0.5, 0.6) is 0 Å². The fourth-order valence-corrected chi connectivity index (χ4v) is 2.39. The monoisotopic (exact) mass is 276 g/mol. The van der Waals surface area contributed by atoms with Gasteiger partial charge in [-0.15, -0.1) is 0 Å². The molecule has 0 bridgehead atoms. The lowest BCUT2D eigenvalue weighted by Gasteiger charge is -2.36. The van der Waals surface area contributed by atoms with Crippen LogP contribution in [0.25, 0.3) is 0 Å². The average molecular weight is 276 g/mol. The number of hydrogen-bond donors (Lipinski definition) is 1. The van der Waals surface area contributed by atoms with Gasteiger partial charge in [0.1, 0.15) is 11.9 Å². The molecule has 106 valence electrons. The number of rotatable bonds is 2. The van der Waals surface area contributed by atoms with Crippen LogP contribution in [0.4, 0.5) is 17.6 Å². The SMILES string of the molecule is Cc1cc([C@@H](N2CCNCC2)C(F)(F)F)ccc1F. The lowest BCUT2D eigenvalue weighted by molar-refractivity contribution is -0.187. The normalized spacial score (nSPS) is 19.4. The molecular weight excluding hydrogens is 260 g/mol. The van der Waals surface area contributed by atoms with Gasteiger partial charge in [-0.2, -0.15) is 13.2 Å². The van der Waals surface area contributed by atoms with E-state index in [0.29, 0.717) is 26.2 Å². The van der Waals surface area contributed by atoms with E-state index in [4.69, 9.17) is 0 Å². The Kier molecular flexibility index (Phi) is 4.10. The molecule has 2 nitrogen and oxygen atoms in total. The van der Waals surface area contributed by atoms with E-state index in [0.717, 1.165) is 6.07 Å². The lowest BCUT2D eigenvalue weighted by atomic mass is 10.0. The number of hydrogen-bond acceptors (Lipinski definition) is 2. The van der Waals surface area contributed by atoms with Gasteiger partial charge in [0, 0.05) is 26.2 Å². The minimum atomic E-state index is -4.36. The highest BCUT2D eigenvalue weighted by Gasteiger charge is 2.44. The average Bonchev–Trinajstić information content (AvgIpc) is 2.34. The third kappa shape index (κ3) is 3.25. The van der Waals surface area contributed by atoms with Crippen molar-refractivity contribution in [3.63, 3.8) is 0 Å². The fourth-order valence-electron chi connectivity index (χ4n) is 2.39. The van der Waals surface area contributed by atoms with Gasteiger partial charge >= 0.3 is 6.18 Å². The van der Waals surface area contributed by atoms with Crippen molar-refractivity contribution in [2.75, 3.05) is 26.2 Å². The first-order valence-corrected chi connectivity index (χ1v) is 6.17. The second kappa shape index (κ2) is 5.46. The van der Waals surface area contributed by atoms with Gasteiger partial charge in [0.15, 0.2) is 0 Å². The van der Waals surface area contributed by atoms with Crippen molar-refractivity contribution in [3.05, 3.63) is 35.1 Å². The quantitative estimate of drug-likeness (QED) is 0.835. The van der Waals surface area contributed by atoms with Crippen LogP contribution in [-0.2, 0) is 0 Å². The van der Waals surface area contributed by atoms with E-state index in [1.165, 1.54) is 24.0 Å². The van der Waals surface area contributed by atoms with E-state index in [-0.39, 0.29) is 11.1 Å². The summed E-state index contributed by atoms with van der Waals surface area (Å²) in [7, 11) is 0. The maximum Gasteiger partial charge on any atom is 0.408 e. The zero-order valence-corrected chi connectivity index (χ0v) is 10.6. The number of aryl methyl sites for hydroxylation is 1. The molecule has 1 fully saturated rings. The smallest absolute Gasteiger partial charge is 0.314 e. The van der Waals surface area contributed by atoms with Crippen LogP contribution >= 0.6 is 0 Å². The van der Waals surface area contributed by atoms with Gasteiger partial charge in [-0.05, 0) is 24.1 Å². The van der Waals surface area contributed by atoms with E-state index < -0.39 is 18.0 Å². The first kappa shape index (κ1) is 14.3. The molecule has 0 aliphatic carbocycles. The summed E-state index contributed by atoms with van der Waals surface area (Å²) in [5.74, 6) is -0.481. The minimum absolute atomic E-state index is 0.105. The summed E-state index contributed by atoms with van der Waals surface area (Å²) in [6, 6.07) is 1.96. The van der Waals surface area contributed by atoms with Crippen molar-refractivity contribution >= 4 is 0 Å². The molecule has 1 atom stereocenters. The van der Waals surface area contributed by atoms with Crippen molar-refractivity contribution in [1.82, 2.24) is 10.2 Å². The lowest BCUT2D eigenvalue weighted by Crippen LogP contribution is -2.49. The predicted octanol–water partition coefficient (Wildman–Crippen LogP) is 2.64. The first-order chi connectivity index (χ1) is 8.89. The number of nitrogens with zero attached hydrogens (tertiary/aromatic N) is 1. The Hall–Kier alpha value is -1.14. The van der Waals surface area contributed by atoms with Crippen LogP contribution < -0.4 is 5.32 Å². The Morgan fingerprint density at radius 3 is 2.37 bits per heavy atom. The van der Waals surface area contributed by atoms with Gasteiger partial charge in [0.25, 0.3) is 0 Å². The van der Waals surface area contributed by atoms with Gasteiger partial charge in [-0.1, -0.05) is 12.1 Å². The Labute approximate surface area is 109 Å². The molecule has 1 aliphatic heterocycles. The molecule has 1 heterocycles. The summed E-state index contributed by atoms with van der Waals surface area (Å²) in [6.45, 7) is 3.21. The molecule has 19 heavy (non-hydrogen) atoms. The Bertz CT molecular complexity index is 439. The van der Waals surface area contributed by atoms with Crippen LogP contribution in [0.2, 0.25) is 0 Å². The van der Waals surface area contributed by atoms with Crippen LogP contribution in [0.3, 0.4) is 0 Å². The zero-order valence-electron chi connectivity index (χ0n) is 10.6. The minimum Gasteiger partial charge on any atom is -0.314 e. The predicted molar refractivity (Wildman–Crippen MR) is 64.4 cm³/mol. The van der Waals surface area contributed by atoms with Gasteiger partial charge in [-0.3, -0.25) is 4.90 Å². The summed E-state index contributed by atoms with van der Waals surface area (Å²) in [4.78, 5) is 1.39. The highest BCUT2D eigenvalue weighted by Crippen LogP contribution is 2.38. The molecule has 0 saturated carbocycles. The van der Waals surface area contributed by atoms with Crippen molar-refractivity contribution in [1.29, 1.82) is 0 Å². The molecule has 1 saturated heterocycles. The molecule has 2 rings (SSSR count). The molecule has 0 amide bonds. The van der Waals surface area contributed by atoms with Crippen LogP contribution in [0, 0.1) is 12.7 Å². The number of halogens is 4. The summed E-state index contributed by atoms with van der Waals surface area (Å²) < 4.78 is 53.0. The van der Waals surface area contributed by atoms with E-state index in [2.05, 4.69) is 5.32 Å². The molecule has 0 spiro atoms. The van der Waals surface area contributed by atoms with E-state index in [1.807, 2.05) is 0 Å². The van der Waals surface area contributed by atoms with Crippen LogP contribution in [0.1, 0.15) is 17.2 Å².